The summed E-state index contributed by atoms with van der Waals surface area (Å²) in [6, 6.07) is 16.5. The van der Waals surface area contributed by atoms with Gasteiger partial charge >= 0.3 is 0 Å². The number of hydrogen-bond donors (Lipinski definition) is 1. The minimum atomic E-state index is -0.00110. The summed E-state index contributed by atoms with van der Waals surface area (Å²) in [4.78, 5) is 13.3. The fourth-order valence-electron chi connectivity index (χ4n) is 3.28. The number of fused-ring (bicyclic) bond motifs is 2. The Morgan fingerprint density at radius 1 is 1.00 bits per heavy atom. The zero-order chi connectivity index (χ0) is 16.8. The summed E-state index contributed by atoms with van der Waals surface area (Å²) >= 11 is 5.56. The average Bonchev–Trinajstić information content (AvgIpc) is 2.67. The molecule has 2 aromatic carbocycles. The molecule has 24 heavy (non-hydrogen) atoms. The van der Waals surface area contributed by atoms with Crippen LogP contribution in [-0.2, 0) is 17.6 Å². The molecular weight excluding hydrogens is 320 g/mol. The molecule has 0 aliphatic carbocycles. The Morgan fingerprint density at radius 3 is 2.50 bits per heavy atom. The van der Waals surface area contributed by atoms with Crippen LogP contribution >= 0.6 is 11.6 Å². The van der Waals surface area contributed by atoms with Crippen molar-refractivity contribution in [1.82, 2.24) is 0 Å². The number of aryl methyl sites for hydroxylation is 2. The van der Waals surface area contributed by atoms with Crippen molar-refractivity contribution < 1.29 is 4.79 Å². The van der Waals surface area contributed by atoms with E-state index >= 15 is 0 Å². The molecule has 2 heterocycles. The van der Waals surface area contributed by atoms with Gasteiger partial charge in [0.2, 0.25) is 5.91 Å². The largest absolute Gasteiger partial charge is 0.385 e. The van der Waals surface area contributed by atoms with Crippen molar-refractivity contribution in [3.63, 3.8) is 0 Å². The summed E-state index contributed by atoms with van der Waals surface area (Å²) < 4.78 is 0. The summed E-state index contributed by atoms with van der Waals surface area (Å²) in [6.45, 7) is 1.93. The predicted molar refractivity (Wildman–Crippen MR) is 101 cm³/mol. The normalized spacial score (nSPS) is 15.3. The maximum Gasteiger partial charge on any atom is 0.241 e. The van der Waals surface area contributed by atoms with Crippen LogP contribution in [0, 0.1) is 0 Å². The van der Waals surface area contributed by atoms with Gasteiger partial charge in [-0.1, -0.05) is 36.4 Å². The Kier molecular flexibility index (Phi) is 5.76. The molecule has 3 nitrogen and oxygen atoms in total. The topological polar surface area (TPSA) is 32.3 Å². The van der Waals surface area contributed by atoms with Crippen molar-refractivity contribution >= 4 is 28.9 Å². The smallest absolute Gasteiger partial charge is 0.241 e. The average molecular weight is 343 g/mol. The van der Waals surface area contributed by atoms with Gasteiger partial charge < -0.3 is 10.2 Å². The van der Waals surface area contributed by atoms with Crippen molar-refractivity contribution in [2.75, 3.05) is 29.2 Å². The highest BCUT2D eigenvalue weighted by Gasteiger charge is 2.20. The fraction of sp³-hybridized carbons (Fsp3) is 0.350. The molecule has 4 heteroatoms. The number of halogens is 1. The SMILES string of the molecule is O=C(CCl)N1CCCc2ccccc21.c1ccc2c(c1)CCCN2. The lowest BCUT2D eigenvalue weighted by molar-refractivity contribution is -0.116. The number of alkyl halides is 1. The second-order valence-electron chi connectivity index (χ2n) is 6.10. The fourth-order valence-corrected chi connectivity index (χ4v) is 3.42. The Labute approximate surface area is 148 Å². The molecule has 2 aromatic rings. The predicted octanol–water partition coefficient (Wildman–Crippen LogP) is 4.25. The van der Waals surface area contributed by atoms with Crippen LogP contribution in [0.5, 0.6) is 0 Å². The number of carbonyl (C=O) groups is 1. The van der Waals surface area contributed by atoms with Gasteiger partial charge in [0.25, 0.3) is 0 Å². The van der Waals surface area contributed by atoms with Crippen LogP contribution in [0.4, 0.5) is 11.4 Å². The molecule has 2 aliphatic rings. The molecule has 0 saturated heterocycles. The summed E-state index contributed by atoms with van der Waals surface area (Å²) in [7, 11) is 0. The van der Waals surface area contributed by atoms with E-state index in [2.05, 4.69) is 35.6 Å². The van der Waals surface area contributed by atoms with E-state index in [1.165, 1.54) is 29.7 Å². The monoisotopic (exact) mass is 342 g/mol. The first kappa shape index (κ1) is 16.8. The highest BCUT2D eigenvalue weighted by atomic mass is 35.5. The van der Waals surface area contributed by atoms with Crippen LogP contribution in [0.1, 0.15) is 24.0 Å². The first-order valence-electron chi connectivity index (χ1n) is 8.55. The summed E-state index contributed by atoms with van der Waals surface area (Å²) in [5.41, 5.74) is 5.07. The maximum atomic E-state index is 11.5. The van der Waals surface area contributed by atoms with E-state index in [0.29, 0.717) is 0 Å². The molecule has 126 valence electrons. The Balaban J connectivity index is 0.000000149. The number of rotatable bonds is 1. The van der Waals surface area contributed by atoms with E-state index in [1.54, 1.807) is 4.90 Å². The number of carbonyl (C=O) groups excluding carboxylic acids is 1. The van der Waals surface area contributed by atoms with E-state index < -0.39 is 0 Å². The lowest BCUT2D eigenvalue weighted by Crippen LogP contribution is -2.36. The quantitative estimate of drug-likeness (QED) is 0.786. The second-order valence-corrected chi connectivity index (χ2v) is 6.37. The van der Waals surface area contributed by atoms with Crippen molar-refractivity contribution in [2.24, 2.45) is 0 Å². The molecule has 0 bridgehead atoms. The number of nitrogens with zero attached hydrogens (tertiary/aromatic N) is 1. The summed E-state index contributed by atoms with van der Waals surface area (Å²) in [6.07, 6.45) is 4.60. The third-order valence-electron chi connectivity index (χ3n) is 4.48. The molecule has 0 radical (unpaired) electrons. The number of nitrogens with one attached hydrogen (secondary N) is 1. The van der Waals surface area contributed by atoms with E-state index in [-0.39, 0.29) is 11.8 Å². The van der Waals surface area contributed by atoms with Crippen LogP contribution in [0.25, 0.3) is 0 Å². The number of hydrogen-bond acceptors (Lipinski definition) is 2. The van der Waals surface area contributed by atoms with Gasteiger partial charge in [0.15, 0.2) is 0 Å². The van der Waals surface area contributed by atoms with Crippen LogP contribution in [0.3, 0.4) is 0 Å². The molecule has 2 aliphatic heterocycles. The molecule has 0 saturated carbocycles. The molecule has 0 fully saturated rings. The van der Waals surface area contributed by atoms with Gasteiger partial charge in [-0.15, -0.1) is 11.6 Å². The van der Waals surface area contributed by atoms with Gasteiger partial charge in [-0.25, -0.2) is 0 Å². The number of para-hydroxylation sites is 2. The molecule has 0 unspecified atom stereocenters. The van der Waals surface area contributed by atoms with E-state index in [9.17, 15) is 4.79 Å². The van der Waals surface area contributed by atoms with Crippen molar-refractivity contribution in [2.45, 2.75) is 25.7 Å². The lowest BCUT2D eigenvalue weighted by Gasteiger charge is -2.28. The number of anilines is 2. The molecule has 0 aromatic heterocycles. The molecular formula is C20H23ClN2O. The van der Waals surface area contributed by atoms with Crippen molar-refractivity contribution in [1.29, 1.82) is 0 Å². The standard InChI is InChI=1S/C11H12ClNO.C9H11N/c12-8-11(14)13-7-3-5-9-4-1-2-6-10(9)13;1-2-6-9-8(4-1)5-3-7-10-9/h1-2,4,6H,3,5,7-8H2;1-2,4,6,10H,3,5,7H2. The number of amides is 1. The third-order valence-corrected chi connectivity index (χ3v) is 4.71. The van der Waals surface area contributed by atoms with Gasteiger partial charge in [0.1, 0.15) is 5.88 Å². The minimum Gasteiger partial charge on any atom is -0.385 e. The van der Waals surface area contributed by atoms with Crippen molar-refractivity contribution in [3.05, 3.63) is 59.7 Å². The molecule has 4 rings (SSSR count). The van der Waals surface area contributed by atoms with Gasteiger partial charge in [0, 0.05) is 24.5 Å². The first-order chi connectivity index (χ1) is 11.8. The van der Waals surface area contributed by atoms with Crippen LogP contribution in [0.2, 0.25) is 0 Å². The van der Waals surface area contributed by atoms with Gasteiger partial charge in [-0.3, -0.25) is 4.79 Å². The highest BCUT2D eigenvalue weighted by molar-refractivity contribution is 6.29. The van der Waals surface area contributed by atoms with Crippen molar-refractivity contribution in [3.8, 4) is 0 Å². The summed E-state index contributed by atoms with van der Waals surface area (Å²) in [5, 5.41) is 3.36. The van der Waals surface area contributed by atoms with Gasteiger partial charge in [0.05, 0.1) is 0 Å². The Hall–Kier alpha value is -2.00. The van der Waals surface area contributed by atoms with E-state index in [1.807, 2.05) is 18.2 Å². The molecule has 0 spiro atoms. The third kappa shape index (κ3) is 3.90. The zero-order valence-electron chi connectivity index (χ0n) is 13.8. The van der Waals surface area contributed by atoms with Gasteiger partial charge in [-0.2, -0.15) is 0 Å². The minimum absolute atomic E-state index is 0.00110. The van der Waals surface area contributed by atoms with Gasteiger partial charge in [-0.05, 0) is 48.9 Å². The molecule has 0 atom stereocenters. The van der Waals surface area contributed by atoms with E-state index in [4.69, 9.17) is 11.6 Å². The van der Waals surface area contributed by atoms with Crippen LogP contribution < -0.4 is 10.2 Å². The van der Waals surface area contributed by atoms with Crippen LogP contribution in [0.15, 0.2) is 48.5 Å². The highest BCUT2D eigenvalue weighted by Crippen LogP contribution is 2.26. The maximum absolute atomic E-state index is 11.5. The summed E-state index contributed by atoms with van der Waals surface area (Å²) in [5.74, 6) is 0.0627. The lowest BCUT2D eigenvalue weighted by atomic mass is 10.0. The zero-order valence-corrected chi connectivity index (χ0v) is 14.6. The molecule has 1 amide bonds. The Morgan fingerprint density at radius 2 is 1.71 bits per heavy atom. The van der Waals surface area contributed by atoms with E-state index in [0.717, 1.165) is 31.6 Å². The molecule has 1 N–H and O–H groups in total. The second kappa shape index (κ2) is 8.20. The van der Waals surface area contributed by atoms with Crippen LogP contribution in [-0.4, -0.2) is 24.9 Å². The Bertz CT molecular complexity index is 677. The number of benzene rings is 2. The first-order valence-corrected chi connectivity index (χ1v) is 9.09.